The Kier molecular flexibility index (Phi) is 4.47. The Morgan fingerprint density at radius 1 is 1.41 bits per heavy atom. The number of hydrogen-bond acceptors (Lipinski definition) is 3. The van der Waals surface area contributed by atoms with Crippen molar-refractivity contribution in [2.24, 2.45) is 5.73 Å². The first-order valence-electron chi connectivity index (χ1n) is 5.66. The van der Waals surface area contributed by atoms with E-state index in [1.165, 1.54) is 12.1 Å². The molecule has 92 valence electrons. The fourth-order valence-electron chi connectivity index (χ4n) is 1.41. The third-order valence-corrected chi connectivity index (χ3v) is 3.01. The second-order valence-electron chi connectivity index (χ2n) is 4.08. The van der Waals surface area contributed by atoms with Crippen LogP contribution in [-0.2, 0) is 0 Å². The van der Waals surface area contributed by atoms with Gasteiger partial charge in [0, 0.05) is 5.54 Å². The molecule has 0 aromatic heterocycles. The molecule has 0 amide bonds. The molecule has 0 fully saturated rings. The summed E-state index contributed by atoms with van der Waals surface area (Å²) in [4.78, 5) is 0. The predicted octanol–water partition coefficient (Wildman–Crippen LogP) is 2.59. The third kappa shape index (κ3) is 3.18. The number of nitrogens with two attached hydrogens (primary N) is 1. The van der Waals surface area contributed by atoms with Gasteiger partial charge in [-0.2, -0.15) is 5.26 Å². The molecule has 0 heterocycles. The van der Waals surface area contributed by atoms with Gasteiger partial charge in [-0.15, -0.1) is 0 Å². The van der Waals surface area contributed by atoms with Gasteiger partial charge >= 0.3 is 0 Å². The summed E-state index contributed by atoms with van der Waals surface area (Å²) >= 11 is 0. The lowest BCUT2D eigenvalue weighted by atomic mass is 9.95. The number of benzene rings is 1. The van der Waals surface area contributed by atoms with Crippen molar-refractivity contribution in [2.45, 2.75) is 32.2 Å². The van der Waals surface area contributed by atoms with Crippen LogP contribution in [0.3, 0.4) is 0 Å². The van der Waals surface area contributed by atoms with Gasteiger partial charge in [-0.3, -0.25) is 0 Å². The summed E-state index contributed by atoms with van der Waals surface area (Å²) in [6.07, 6.45) is 1.53. The molecule has 0 bridgehead atoms. The first-order valence-corrected chi connectivity index (χ1v) is 5.66. The lowest BCUT2D eigenvalue weighted by Gasteiger charge is -2.26. The van der Waals surface area contributed by atoms with Gasteiger partial charge in [0.2, 0.25) is 0 Å². The van der Waals surface area contributed by atoms with Crippen LogP contribution >= 0.6 is 0 Å². The molecule has 3 nitrogen and oxygen atoms in total. The van der Waals surface area contributed by atoms with E-state index in [1.54, 1.807) is 12.1 Å². The van der Waals surface area contributed by atoms with Crippen molar-refractivity contribution in [1.29, 1.82) is 5.26 Å². The minimum atomic E-state index is -0.569. The molecule has 1 aromatic carbocycles. The summed E-state index contributed by atoms with van der Waals surface area (Å²) in [6.45, 7) is 4.23. The van der Waals surface area contributed by atoms with Crippen LogP contribution in [0.5, 0.6) is 5.75 Å². The second-order valence-corrected chi connectivity index (χ2v) is 4.08. The second kappa shape index (κ2) is 5.65. The Morgan fingerprint density at radius 2 is 2.06 bits per heavy atom. The number of ether oxygens (including phenoxy) is 1. The molecule has 0 atom stereocenters. The molecular formula is C13H17FN2O. The fourth-order valence-corrected chi connectivity index (χ4v) is 1.41. The smallest absolute Gasteiger partial charge is 0.144 e. The highest BCUT2D eigenvalue weighted by atomic mass is 19.1. The van der Waals surface area contributed by atoms with Gasteiger partial charge in [-0.1, -0.05) is 19.9 Å². The lowest BCUT2D eigenvalue weighted by molar-refractivity contribution is 0.206. The van der Waals surface area contributed by atoms with E-state index in [1.807, 2.05) is 13.8 Å². The van der Waals surface area contributed by atoms with Gasteiger partial charge in [0.15, 0.2) is 0 Å². The molecule has 0 aliphatic carbocycles. The Labute approximate surface area is 101 Å². The molecule has 0 unspecified atom stereocenters. The lowest BCUT2D eigenvalue weighted by Crippen LogP contribution is -2.44. The van der Waals surface area contributed by atoms with E-state index in [2.05, 4.69) is 0 Å². The van der Waals surface area contributed by atoms with Crippen LogP contribution in [0.4, 0.5) is 4.39 Å². The SMILES string of the molecule is CCC(N)(CC)COc1cccc(F)c1C#N. The minimum Gasteiger partial charge on any atom is -0.490 e. The molecule has 0 aliphatic rings. The van der Waals surface area contributed by atoms with E-state index < -0.39 is 11.4 Å². The molecule has 4 heteroatoms. The van der Waals surface area contributed by atoms with E-state index in [9.17, 15) is 4.39 Å². The van der Waals surface area contributed by atoms with Crippen molar-refractivity contribution >= 4 is 0 Å². The molecular weight excluding hydrogens is 219 g/mol. The number of halogens is 1. The Bertz CT molecular complexity index is 422. The highest BCUT2D eigenvalue weighted by molar-refractivity contribution is 5.43. The van der Waals surface area contributed by atoms with Crippen molar-refractivity contribution in [1.82, 2.24) is 0 Å². The van der Waals surface area contributed by atoms with Crippen LogP contribution in [0.25, 0.3) is 0 Å². The molecule has 17 heavy (non-hydrogen) atoms. The van der Waals surface area contributed by atoms with Gasteiger partial charge in [0.25, 0.3) is 0 Å². The monoisotopic (exact) mass is 236 g/mol. The maximum atomic E-state index is 13.3. The summed E-state index contributed by atoms with van der Waals surface area (Å²) in [5, 5.41) is 8.84. The summed E-state index contributed by atoms with van der Waals surface area (Å²) in [7, 11) is 0. The largest absolute Gasteiger partial charge is 0.490 e. The van der Waals surface area contributed by atoms with Gasteiger partial charge in [0.1, 0.15) is 29.8 Å². The van der Waals surface area contributed by atoms with Crippen LogP contribution in [0, 0.1) is 17.1 Å². The van der Waals surface area contributed by atoms with Gasteiger partial charge in [0.05, 0.1) is 0 Å². The minimum absolute atomic E-state index is 0.0675. The van der Waals surface area contributed by atoms with Crippen molar-refractivity contribution in [2.75, 3.05) is 6.61 Å². The van der Waals surface area contributed by atoms with E-state index in [4.69, 9.17) is 15.7 Å². The standard InChI is InChI=1S/C13H17FN2O/c1-3-13(16,4-2)9-17-12-7-5-6-11(14)10(12)8-15/h5-7H,3-4,9,16H2,1-2H3. The Hall–Kier alpha value is -1.60. The van der Waals surface area contributed by atoms with Crippen LogP contribution in [0.1, 0.15) is 32.3 Å². The summed E-state index contributed by atoms with van der Waals surface area (Å²) in [6, 6.07) is 6.12. The first kappa shape index (κ1) is 13.5. The summed E-state index contributed by atoms with van der Waals surface area (Å²) in [5.74, 6) is -0.315. The Balaban J connectivity index is 2.83. The van der Waals surface area contributed by atoms with E-state index >= 15 is 0 Å². The zero-order valence-corrected chi connectivity index (χ0v) is 10.2. The summed E-state index contributed by atoms with van der Waals surface area (Å²) < 4.78 is 18.8. The van der Waals surface area contributed by atoms with Crippen molar-refractivity contribution in [3.05, 3.63) is 29.6 Å². The molecule has 0 radical (unpaired) electrons. The van der Waals surface area contributed by atoms with Gasteiger partial charge in [-0.05, 0) is 25.0 Å². The number of hydrogen-bond donors (Lipinski definition) is 1. The quantitative estimate of drug-likeness (QED) is 0.854. The average molecular weight is 236 g/mol. The molecule has 2 N–H and O–H groups in total. The molecule has 0 saturated heterocycles. The zero-order chi connectivity index (χ0) is 12.9. The van der Waals surface area contributed by atoms with E-state index in [0.29, 0.717) is 0 Å². The molecule has 0 saturated carbocycles. The maximum Gasteiger partial charge on any atom is 0.144 e. The number of nitrogens with zero attached hydrogens (tertiary/aromatic N) is 1. The third-order valence-electron chi connectivity index (χ3n) is 3.01. The summed E-state index contributed by atoms with van der Waals surface area (Å²) in [5.41, 5.74) is 5.57. The van der Waals surface area contributed by atoms with Gasteiger partial charge < -0.3 is 10.5 Å². The molecule has 0 aliphatic heterocycles. The van der Waals surface area contributed by atoms with Crippen LogP contribution in [0.15, 0.2) is 18.2 Å². The highest BCUT2D eigenvalue weighted by Crippen LogP contribution is 2.22. The molecule has 1 aromatic rings. The van der Waals surface area contributed by atoms with Crippen LogP contribution < -0.4 is 10.5 Å². The van der Waals surface area contributed by atoms with Gasteiger partial charge in [-0.25, -0.2) is 4.39 Å². The van der Waals surface area contributed by atoms with Crippen LogP contribution in [0.2, 0.25) is 0 Å². The maximum absolute atomic E-state index is 13.3. The number of nitriles is 1. The van der Waals surface area contributed by atoms with Crippen molar-refractivity contribution < 1.29 is 9.13 Å². The topological polar surface area (TPSA) is 59.0 Å². The van der Waals surface area contributed by atoms with E-state index in [0.717, 1.165) is 12.8 Å². The molecule has 1 rings (SSSR count). The molecule has 0 spiro atoms. The van der Waals surface area contributed by atoms with Crippen molar-refractivity contribution in [3.63, 3.8) is 0 Å². The Morgan fingerprint density at radius 3 is 2.59 bits per heavy atom. The zero-order valence-electron chi connectivity index (χ0n) is 10.2. The predicted molar refractivity (Wildman–Crippen MR) is 64.1 cm³/mol. The number of rotatable bonds is 5. The normalized spacial score (nSPS) is 11.0. The fraction of sp³-hybridized carbons (Fsp3) is 0.462. The highest BCUT2D eigenvalue weighted by Gasteiger charge is 2.22. The van der Waals surface area contributed by atoms with Crippen molar-refractivity contribution in [3.8, 4) is 11.8 Å². The average Bonchev–Trinajstić information content (AvgIpc) is 2.36. The van der Waals surface area contributed by atoms with E-state index in [-0.39, 0.29) is 17.9 Å². The first-order chi connectivity index (χ1) is 8.06. The van der Waals surface area contributed by atoms with Crippen LogP contribution in [-0.4, -0.2) is 12.1 Å².